The van der Waals surface area contributed by atoms with Crippen molar-refractivity contribution in [2.24, 2.45) is 0 Å². The minimum Gasteiger partial charge on any atom is -0.493 e. The molecule has 3 N–H and O–H groups in total. The summed E-state index contributed by atoms with van der Waals surface area (Å²) in [7, 11) is 0. The van der Waals surface area contributed by atoms with Crippen LogP contribution in [0.15, 0.2) is 48.5 Å². The number of para-hydroxylation sites is 1. The predicted octanol–water partition coefficient (Wildman–Crippen LogP) is 2.54. The van der Waals surface area contributed by atoms with Crippen molar-refractivity contribution in [3.8, 4) is 5.75 Å². The lowest BCUT2D eigenvalue weighted by molar-refractivity contribution is -0.138. The fraction of sp³-hybridized carbons (Fsp3) is 0.333. The minimum absolute atomic E-state index is 0.204. The zero-order chi connectivity index (χ0) is 23.1. The molecule has 2 aromatic carbocycles. The first-order chi connectivity index (χ1) is 15.4. The Morgan fingerprint density at radius 1 is 1.06 bits per heavy atom. The zero-order valence-corrected chi connectivity index (χ0v) is 18.2. The van der Waals surface area contributed by atoms with Crippen LogP contribution in [0.3, 0.4) is 0 Å². The Kier molecular flexibility index (Phi) is 7.25. The van der Waals surface area contributed by atoms with Crippen LogP contribution in [-0.4, -0.2) is 36.8 Å². The maximum Gasteiger partial charge on any atom is 0.255 e. The van der Waals surface area contributed by atoms with E-state index < -0.39 is 11.3 Å². The van der Waals surface area contributed by atoms with Gasteiger partial charge in [-0.3, -0.25) is 24.5 Å². The second kappa shape index (κ2) is 10.1. The van der Waals surface area contributed by atoms with Gasteiger partial charge in [-0.15, -0.1) is 0 Å². The number of carbonyl (C=O) groups excluding carboxylic acids is 4. The molecule has 168 valence electrons. The molecule has 8 nitrogen and oxygen atoms in total. The molecule has 0 aromatic heterocycles. The highest BCUT2D eigenvalue weighted by atomic mass is 16.5. The summed E-state index contributed by atoms with van der Waals surface area (Å²) in [6.45, 7) is 3.97. The average Bonchev–Trinajstić information content (AvgIpc) is 2.79. The van der Waals surface area contributed by atoms with Gasteiger partial charge in [0.05, 0.1) is 24.1 Å². The molecule has 1 aliphatic heterocycles. The quantitative estimate of drug-likeness (QED) is 0.549. The molecular formula is C24H27N3O5. The van der Waals surface area contributed by atoms with Gasteiger partial charge < -0.3 is 15.4 Å². The summed E-state index contributed by atoms with van der Waals surface area (Å²) in [6, 6.07) is 13.8. The van der Waals surface area contributed by atoms with Gasteiger partial charge in [0.1, 0.15) is 5.75 Å². The van der Waals surface area contributed by atoms with E-state index in [1.165, 1.54) is 0 Å². The van der Waals surface area contributed by atoms with Gasteiger partial charge in [0, 0.05) is 12.1 Å². The number of ether oxygens (including phenoxy) is 1. The standard InChI is InChI=1S/C24H27N3O5/c1-3-24(14-13-20(28)27-23(24)31)16-9-11-17(12-10-16)26-21(29)15-25-22(30)18-7-5-6-8-19(18)32-4-2/h5-12H,3-4,13-15H2,1-2H3,(H,25,30)(H,26,29)(H,27,28,31). The molecule has 8 heteroatoms. The summed E-state index contributed by atoms with van der Waals surface area (Å²) in [5.74, 6) is -0.868. The van der Waals surface area contributed by atoms with Crippen molar-refractivity contribution in [1.29, 1.82) is 0 Å². The van der Waals surface area contributed by atoms with E-state index >= 15 is 0 Å². The number of amides is 4. The third-order valence-corrected chi connectivity index (χ3v) is 5.63. The molecule has 1 fully saturated rings. The smallest absolute Gasteiger partial charge is 0.255 e. The van der Waals surface area contributed by atoms with Gasteiger partial charge in [0.15, 0.2) is 0 Å². The Balaban J connectivity index is 1.60. The highest BCUT2D eigenvalue weighted by Crippen LogP contribution is 2.36. The maximum atomic E-state index is 12.5. The van der Waals surface area contributed by atoms with Crippen LogP contribution in [0.5, 0.6) is 5.75 Å². The van der Waals surface area contributed by atoms with Crippen LogP contribution >= 0.6 is 0 Å². The minimum atomic E-state index is -0.752. The number of benzene rings is 2. The molecule has 0 aliphatic carbocycles. The number of hydrogen-bond acceptors (Lipinski definition) is 5. The Bertz CT molecular complexity index is 1020. The highest BCUT2D eigenvalue weighted by Gasteiger charge is 2.42. The van der Waals surface area contributed by atoms with Crippen molar-refractivity contribution in [3.05, 3.63) is 59.7 Å². The fourth-order valence-corrected chi connectivity index (χ4v) is 3.84. The summed E-state index contributed by atoms with van der Waals surface area (Å²) in [5.41, 5.74) is 0.948. The van der Waals surface area contributed by atoms with Crippen molar-refractivity contribution >= 4 is 29.3 Å². The number of imide groups is 1. The average molecular weight is 437 g/mol. The Labute approximate surface area is 186 Å². The molecule has 0 radical (unpaired) electrons. The molecule has 0 saturated carbocycles. The van der Waals surface area contributed by atoms with Crippen molar-refractivity contribution in [3.63, 3.8) is 0 Å². The van der Waals surface area contributed by atoms with E-state index in [-0.39, 0.29) is 24.3 Å². The molecule has 1 saturated heterocycles. The molecule has 1 unspecified atom stereocenters. The third-order valence-electron chi connectivity index (χ3n) is 5.63. The Morgan fingerprint density at radius 2 is 1.78 bits per heavy atom. The van der Waals surface area contributed by atoms with Crippen molar-refractivity contribution < 1.29 is 23.9 Å². The summed E-state index contributed by atoms with van der Waals surface area (Å²) < 4.78 is 5.44. The number of rotatable bonds is 8. The Morgan fingerprint density at radius 3 is 2.44 bits per heavy atom. The van der Waals surface area contributed by atoms with Gasteiger partial charge >= 0.3 is 0 Å². The first-order valence-electron chi connectivity index (χ1n) is 10.6. The van der Waals surface area contributed by atoms with E-state index in [9.17, 15) is 19.2 Å². The highest BCUT2D eigenvalue weighted by molar-refractivity contribution is 6.03. The lowest BCUT2D eigenvalue weighted by Crippen LogP contribution is -2.51. The summed E-state index contributed by atoms with van der Waals surface area (Å²) >= 11 is 0. The fourth-order valence-electron chi connectivity index (χ4n) is 3.84. The van der Waals surface area contributed by atoms with Crippen LogP contribution in [0, 0.1) is 0 Å². The van der Waals surface area contributed by atoms with Crippen LogP contribution in [0.4, 0.5) is 5.69 Å². The van der Waals surface area contributed by atoms with Gasteiger partial charge in [-0.25, -0.2) is 0 Å². The van der Waals surface area contributed by atoms with E-state index in [0.29, 0.717) is 42.9 Å². The molecular weight excluding hydrogens is 410 g/mol. The molecule has 3 rings (SSSR count). The van der Waals surface area contributed by atoms with E-state index in [2.05, 4.69) is 16.0 Å². The maximum absolute atomic E-state index is 12.5. The Hall–Kier alpha value is -3.68. The van der Waals surface area contributed by atoms with E-state index in [1.807, 2.05) is 13.8 Å². The molecule has 0 bridgehead atoms. The molecule has 4 amide bonds. The first kappa shape index (κ1) is 23.0. The second-order valence-corrected chi connectivity index (χ2v) is 7.55. The molecule has 2 aromatic rings. The van der Waals surface area contributed by atoms with Gasteiger partial charge in [0.25, 0.3) is 5.91 Å². The van der Waals surface area contributed by atoms with Crippen LogP contribution in [0.2, 0.25) is 0 Å². The number of hydrogen-bond donors (Lipinski definition) is 3. The number of nitrogens with one attached hydrogen (secondary N) is 3. The number of anilines is 1. The van der Waals surface area contributed by atoms with Crippen LogP contribution in [0.25, 0.3) is 0 Å². The molecule has 1 aliphatic rings. The van der Waals surface area contributed by atoms with Crippen molar-refractivity contribution in [2.75, 3.05) is 18.5 Å². The largest absolute Gasteiger partial charge is 0.493 e. The molecule has 0 spiro atoms. The zero-order valence-electron chi connectivity index (χ0n) is 18.2. The van der Waals surface area contributed by atoms with Gasteiger partial charge in [-0.05, 0) is 49.6 Å². The third kappa shape index (κ3) is 4.96. The van der Waals surface area contributed by atoms with Gasteiger partial charge in [-0.2, -0.15) is 0 Å². The second-order valence-electron chi connectivity index (χ2n) is 7.55. The van der Waals surface area contributed by atoms with Crippen molar-refractivity contribution in [1.82, 2.24) is 10.6 Å². The summed E-state index contributed by atoms with van der Waals surface area (Å²) in [4.78, 5) is 48.7. The monoisotopic (exact) mass is 437 g/mol. The number of piperidine rings is 1. The predicted molar refractivity (Wildman–Crippen MR) is 119 cm³/mol. The lowest BCUT2D eigenvalue weighted by Gasteiger charge is -2.35. The van der Waals surface area contributed by atoms with Crippen molar-refractivity contribution in [2.45, 2.75) is 38.5 Å². The van der Waals surface area contributed by atoms with E-state index in [4.69, 9.17) is 4.74 Å². The lowest BCUT2D eigenvalue weighted by atomic mass is 9.72. The van der Waals surface area contributed by atoms with Crippen LogP contribution < -0.4 is 20.7 Å². The summed E-state index contributed by atoms with van der Waals surface area (Å²) in [6.07, 6.45) is 1.31. The molecule has 32 heavy (non-hydrogen) atoms. The van der Waals surface area contributed by atoms with E-state index in [0.717, 1.165) is 5.56 Å². The molecule has 1 heterocycles. The number of carbonyl (C=O) groups is 4. The van der Waals surface area contributed by atoms with E-state index in [1.54, 1.807) is 48.5 Å². The summed E-state index contributed by atoms with van der Waals surface area (Å²) in [5, 5.41) is 7.74. The van der Waals surface area contributed by atoms with Gasteiger partial charge in [-0.1, -0.05) is 31.2 Å². The topological polar surface area (TPSA) is 114 Å². The van der Waals surface area contributed by atoms with Crippen LogP contribution in [-0.2, 0) is 19.8 Å². The van der Waals surface area contributed by atoms with Crippen LogP contribution in [0.1, 0.15) is 49.0 Å². The SMILES string of the molecule is CCOc1ccccc1C(=O)NCC(=O)Nc1ccc(C2(CC)CCC(=O)NC2=O)cc1. The molecule has 1 atom stereocenters. The first-order valence-corrected chi connectivity index (χ1v) is 10.6. The van der Waals surface area contributed by atoms with Gasteiger partial charge in [0.2, 0.25) is 17.7 Å². The normalized spacial score (nSPS) is 17.9.